The quantitative estimate of drug-likeness (QED) is 0.572. The Balaban J connectivity index is 1.81. The summed E-state index contributed by atoms with van der Waals surface area (Å²) >= 11 is 5.91. The van der Waals surface area contributed by atoms with E-state index >= 15 is 0 Å². The molecule has 0 atom stereocenters. The van der Waals surface area contributed by atoms with Crippen LogP contribution in [0.25, 0.3) is 0 Å². The lowest BCUT2D eigenvalue weighted by molar-refractivity contribution is 0.102. The Bertz CT molecular complexity index is 1160. The molecule has 3 aromatic carbocycles. The summed E-state index contributed by atoms with van der Waals surface area (Å²) in [6.07, 6.45) is 1.16. The number of anilines is 2. The fourth-order valence-corrected chi connectivity index (χ4v) is 4.01. The molecular formula is C23H23ClN2O3S. The molecule has 3 rings (SSSR count). The minimum Gasteiger partial charge on any atom is -0.322 e. The first-order chi connectivity index (χ1) is 14.1. The molecule has 30 heavy (non-hydrogen) atoms. The van der Waals surface area contributed by atoms with Gasteiger partial charge < -0.3 is 5.32 Å². The van der Waals surface area contributed by atoms with Gasteiger partial charge in [-0.2, -0.15) is 0 Å². The Morgan fingerprint density at radius 3 is 2.20 bits per heavy atom. The van der Waals surface area contributed by atoms with Gasteiger partial charge >= 0.3 is 0 Å². The normalized spacial score (nSPS) is 11.2. The second-order valence-corrected chi connectivity index (χ2v) is 9.56. The van der Waals surface area contributed by atoms with Gasteiger partial charge in [-0.1, -0.05) is 35.9 Å². The summed E-state index contributed by atoms with van der Waals surface area (Å²) in [6.45, 7) is 4.06. The number of sulfonamides is 1. The number of carbonyl (C=O) groups is 1. The fourth-order valence-electron chi connectivity index (χ4n) is 3.00. The van der Waals surface area contributed by atoms with E-state index in [1.54, 1.807) is 48.5 Å². The third-order valence-electron chi connectivity index (χ3n) is 4.70. The van der Waals surface area contributed by atoms with Crippen LogP contribution in [0.3, 0.4) is 0 Å². The summed E-state index contributed by atoms with van der Waals surface area (Å²) in [5.74, 6) is -0.251. The summed E-state index contributed by atoms with van der Waals surface area (Å²) in [5.41, 5.74) is 4.51. The predicted molar refractivity (Wildman–Crippen MR) is 123 cm³/mol. The van der Waals surface area contributed by atoms with Crippen molar-refractivity contribution in [3.63, 3.8) is 0 Å². The second kappa shape index (κ2) is 8.90. The van der Waals surface area contributed by atoms with Gasteiger partial charge in [0.15, 0.2) is 0 Å². The van der Waals surface area contributed by atoms with Crippen molar-refractivity contribution in [2.75, 3.05) is 15.9 Å². The standard InChI is InChI=1S/C23H23ClN2O3S/c1-16-4-5-17(2)22(14-16)25-23(27)19-8-12-21(13-9-19)26(30(3,28)29)15-18-6-10-20(24)11-7-18/h4-14H,15H2,1-3H3,(H,25,27). The van der Waals surface area contributed by atoms with Crippen molar-refractivity contribution < 1.29 is 13.2 Å². The van der Waals surface area contributed by atoms with Crippen molar-refractivity contribution in [2.45, 2.75) is 20.4 Å². The van der Waals surface area contributed by atoms with Gasteiger partial charge in [-0.15, -0.1) is 0 Å². The van der Waals surface area contributed by atoms with Gasteiger partial charge in [-0.25, -0.2) is 8.42 Å². The first kappa shape index (κ1) is 21.9. The molecule has 1 amide bonds. The van der Waals surface area contributed by atoms with Gasteiger partial charge in [0.25, 0.3) is 5.91 Å². The van der Waals surface area contributed by atoms with E-state index in [2.05, 4.69) is 5.32 Å². The average Bonchev–Trinajstić information content (AvgIpc) is 2.69. The van der Waals surface area contributed by atoms with Gasteiger partial charge in [0, 0.05) is 16.3 Å². The van der Waals surface area contributed by atoms with Crippen molar-refractivity contribution in [2.24, 2.45) is 0 Å². The number of rotatable bonds is 6. The molecule has 0 unspecified atom stereocenters. The minimum absolute atomic E-state index is 0.171. The summed E-state index contributed by atoms with van der Waals surface area (Å²) in [6, 6.07) is 19.4. The van der Waals surface area contributed by atoms with E-state index in [4.69, 9.17) is 11.6 Å². The predicted octanol–water partition coefficient (Wildman–Crippen LogP) is 5.18. The molecule has 1 N–H and O–H groups in total. The highest BCUT2D eigenvalue weighted by atomic mass is 35.5. The van der Waals surface area contributed by atoms with Crippen molar-refractivity contribution in [1.82, 2.24) is 0 Å². The molecule has 0 aliphatic rings. The molecule has 5 nitrogen and oxygen atoms in total. The van der Waals surface area contributed by atoms with Crippen molar-refractivity contribution in [1.29, 1.82) is 0 Å². The van der Waals surface area contributed by atoms with Crippen LogP contribution in [0, 0.1) is 13.8 Å². The van der Waals surface area contributed by atoms with Crippen LogP contribution in [0.5, 0.6) is 0 Å². The van der Waals surface area contributed by atoms with Crippen LogP contribution in [0.1, 0.15) is 27.0 Å². The lowest BCUT2D eigenvalue weighted by atomic mass is 10.1. The number of nitrogens with zero attached hydrogens (tertiary/aromatic N) is 1. The van der Waals surface area contributed by atoms with E-state index in [0.717, 1.165) is 28.6 Å². The lowest BCUT2D eigenvalue weighted by Gasteiger charge is -2.23. The van der Waals surface area contributed by atoms with Gasteiger partial charge in [0.05, 0.1) is 18.5 Å². The van der Waals surface area contributed by atoms with Gasteiger partial charge in [-0.3, -0.25) is 9.10 Å². The molecular weight excluding hydrogens is 420 g/mol. The van der Waals surface area contributed by atoms with Crippen LogP contribution < -0.4 is 9.62 Å². The molecule has 0 spiro atoms. The topological polar surface area (TPSA) is 66.5 Å². The number of halogens is 1. The maximum atomic E-state index is 12.6. The van der Waals surface area contributed by atoms with Gasteiger partial charge in [0.1, 0.15) is 0 Å². The molecule has 7 heteroatoms. The van der Waals surface area contributed by atoms with Crippen LogP contribution >= 0.6 is 11.6 Å². The van der Waals surface area contributed by atoms with Crippen LogP contribution in [-0.2, 0) is 16.6 Å². The van der Waals surface area contributed by atoms with Crippen molar-refractivity contribution >= 4 is 38.9 Å². The van der Waals surface area contributed by atoms with Crippen LogP contribution in [0.15, 0.2) is 66.7 Å². The van der Waals surface area contributed by atoms with E-state index in [9.17, 15) is 13.2 Å². The highest BCUT2D eigenvalue weighted by Crippen LogP contribution is 2.23. The zero-order valence-corrected chi connectivity index (χ0v) is 18.6. The molecule has 0 radical (unpaired) electrons. The molecule has 0 saturated carbocycles. The summed E-state index contributed by atoms with van der Waals surface area (Å²) in [7, 11) is -3.52. The van der Waals surface area contributed by atoms with Gasteiger partial charge in [-0.05, 0) is 73.0 Å². The number of hydrogen-bond donors (Lipinski definition) is 1. The summed E-state index contributed by atoms with van der Waals surface area (Å²) < 4.78 is 26.0. The Morgan fingerprint density at radius 1 is 0.967 bits per heavy atom. The molecule has 0 heterocycles. The van der Waals surface area contributed by atoms with Gasteiger partial charge in [0.2, 0.25) is 10.0 Å². The van der Waals surface area contributed by atoms with Crippen molar-refractivity contribution in [3.05, 3.63) is 94.0 Å². The molecule has 0 bridgehead atoms. The average molecular weight is 443 g/mol. The Hall–Kier alpha value is -2.83. The van der Waals surface area contributed by atoms with E-state index < -0.39 is 10.0 Å². The van der Waals surface area contributed by atoms with Crippen LogP contribution in [0.2, 0.25) is 5.02 Å². The third-order valence-corrected chi connectivity index (χ3v) is 6.09. The van der Waals surface area contributed by atoms with E-state index in [1.165, 1.54) is 4.31 Å². The van der Waals surface area contributed by atoms with E-state index in [0.29, 0.717) is 16.3 Å². The molecule has 3 aromatic rings. The Kier molecular flexibility index (Phi) is 6.48. The van der Waals surface area contributed by atoms with Crippen LogP contribution in [-0.4, -0.2) is 20.6 Å². The Morgan fingerprint density at radius 2 is 1.60 bits per heavy atom. The number of aryl methyl sites for hydroxylation is 2. The number of carbonyl (C=O) groups excluding carboxylic acids is 1. The summed E-state index contributed by atoms with van der Waals surface area (Å²) in [4.78, 5) is 12.6. The highest BCUT2D eigenvalue weighted by Gasteiger charge is 2.18. The number of hydrogen-bond acceptors (Lipinski definition) is 3. The number of benzene rings is 3. The first-order valence-corrected chi connectivity index (χ1v) is 11.6. The highest BCUT2D eigenvalue weighted by molar-refractivity contribution is 7.92. The molecule has 0 fully saturated rings. The van der Waals surface area contributed by atoms with E-state index in [-0.39, 0.29) is 12.5 Å². The maximum Gasteiger partial charge on any atom is 0.255 e. The lowest BCUT2D eigenvalue weighted by Crippen LogP contribution is -2.29. The largest absolute Gasteiger partial charge is 0.322 e. The molecule has 0 aromatic heterocycles. The van der Waals surface area contributed by atoms with E-state index in [1.807, 2.05) is 32.0 Å². The molecule has 0 aliphatic carbocycles. The molecule has 0 aliphatic heterocycles. The monoisotopic (exact) mass is 442 g/mol. The SMILES string of the molecule is Cc1ccc(C)c(NC(=O)c2ccc(N(Cc3ccc(Cl)cc3)S(C)(=O)=O)cc2)c1. The zero-order chi connectivity index (χ0) is 21.9. The number of amides is 1. The summed E-state index contributed by atoms with van der Waals surface area (Å²) in [5, 5.41) is 3.49. The van der Waals surface area contributed by atoms with Crippen molar-refractivity contribution in [3.8, 4) is 0 Å². The Labute approximate surface area is 182 Å². The zero-order valence-electron chi connectivity index (χ0n) is 17.0. The first-order valence-electron chi connectivity index (χ1n) is 9.34. The molecule has 156 valence electrons. The fraction of sp³-hybridized carbons (Fsp3) is 0.174. The minimum atomic E-state index is -3.52. The molecule has 0 saturated heterocycles. The van der Waals surface area contributed by atoms with Crippen LogP contribution in [0.4, 0.5) is 11.4 Å². The third kappa shape index (κ3) is 5.40. The maximum absolute atomic E-state index is 12.6. The second-order valence-electron chi connectivity index (χ2n) is 7.22. The number of nitrogens with one attached hydrogen (secondary N) is 1. The smallest absolute Gasteiger partial charge is 0.255 e.